The minimum atomic E-state index is 0.370. The molecule has 0 saturated heterocycles. The summed E-state index contributed by atoms with van der Waals surface area (Å²) in [6.07, 6.45) is 3.34. The molecule has 1 aliphatic carbocycles. The smallest absolute Gasteiger partial charge is 0.123 e. The molecule has 1 nitrogen and oxygen atoms in total. The Morgan fingerprint density at radius 1 is 1.22 bits per heavy atom. The van der Waals surface area contributed by atoms with Gasteiger partial charge in [-0.3, -0.25) is 0 Å². The van der Waals surface area contributed by atoms with Crippen molar-refractivity contribution >= 4 is 6.29 Å². The van der Waals surface area contributed by atoms with E-state index < -0.39 is 0 Å². The Morgan fingerprint density at radius 2 is 1.67 bits per heavy atom. The van der Waals surface area contributed by atoms with Crippen LogP contribution in [0.2, 0.25) is 0 Å². The van der Waals surface area contributed by atoms with Crippen LogP contribution in [0, 0.1) is 17.8 Å². The van der Waals surface area contributed by atoms with Gasteiger partial charge in [0, 0.05) is 5.92 Å². The van der Waals surface area contributed by atoms with Gasteiger partial charge in [-0.25, -0.2) is 0 Å². The Morgan fingerprint density at radius 3 is 1.89 bits per heavy atom. The number of hydrogen-bond donors (Lipinski definition) is 0. The van der Waals surface area contributed by atoms with E-state index in [-0.39, 0.29) is 0 Å². The van der Waals surface area contributed by atoms with Crippen LogP contribution in [0.5, 0.6) is 0 Å². The summed E-state index contributed by atoms with van der Waals surface area (Å²) in [5.41, 5.74) is 0. The maximum Gasteiger partial charge on any atom is 0.123 e. The molecular formula is C8H14O. The normalized spacial score (nSPS) is 43.1. The van der Waals surface area contributed by atoms with Crippen LogP contribution in [0.15, 0.2) is 0 Å². The van der Waals surface area contributed by atoms with Gasteiger partial charge in [0.2, 0.25) is 0 Å². The second-order valence-electron chi connectivity index (χ2n) is 3.32. The molecule has 1 fully saturated rings. The summed E-state index contributed by atoms with van der Waals surface area (Å²) in [5.74, 6) is 1.90. The first-order valence-electron chi connectivity index (χ1n) is 3.69. The molecule has 0 amide bonds. The molecule has 0 N–H and O–H groups in total. The maximum atomic E-state index is 10.3. The summed E-state index contributed by atoms with van der Waals surface area (Å²) in [5, 5.41) is 0. The Kier molecular flexibility index (Phi) is 1.89. The summed E-state index contributed by atoms with van der Waals surface area (Å²) in [4.78, 5) is 10.3. The van der Waals surface area contributed by atoms with Crippen molar-refractivity contribution in [3.63, 3.8) is 0 Å². The molecule has 9 heavy (non-hydrogen) atoms. The molecule has 1 saturated carbocycles. The number of carbonyl (C=O) groups is 1. The van der Waals surface area contributed by atoms with Crippen LogP contribution < -0.4 is 0 Å². The van der Waals surface area contributed by atoms with E-state index in [4.69, 9.17) is 0 Å². The van der Waals surface area contributed by atoms with Crippen LogP contribution in [-0.4, -0.2) is 6.29 Å². The minimum Gasteiger partial charge on any atom is -0.303 e. The lowest BCUT2D eigenvalue weighted by Crippen LogP contribution is -1.95. The fourth-order valence-corrected chi connectivity index (χ4v) is 1.63. The first-order valence-corrected chi connectivity index (χ1v) is 3.69. The monoisotopic (exact) mass is 126 g/mol. The van der Waals surface area contributed by atoms with E-state index >= 15 is 0 Å². The highest BCUT2D eigenvalue weighted by Crippen LogP contribution is 2.34. The summed E-state index contributed by atoms with van der Waals surface area (Å²) < 4.78 is 0. The fraction of sp³-hybridized carbons (Fsp3) is 0.875. The molecule has 2 unspecified atom stereocenters. The molecule has 0 heterocycles. The third-order valence-corrected chi connectivity index (χ3v) is 2.51. The van der Waals surface area contributed by atoms with Crippen molar-refractivity contribution in [2.75, 3.05) is 0 Å². The summed E-state index contributed by atoms with van der Waals surface area (Å²) in [6.45, 7) is 4.46. The minimum absolute atomic E-state index is 0.370. The molecule has 1 heteroatoms. The molecule has 0 bridgehead atoms. The fourth-order valence-electron chi connectivity index (χ4n) is 1.63. The number of carbonyl (C=O) groups excluding carboxylic acids is 1. The zero-order valence-corrected chi connectivity index (χ0v) is 6.13. The highest BCUT2D eigenvalue weighted by Gasteiger charge is 2.27. The third kappa shape index (κ3) is 1.32. The average Bonchev–Trinajstić information content (AvgIpc) is 2.13. The lowest BCUT2D eigenvalue weighted by molar-refractivity contribution is -0.111. The standard InChI is InChI=1S/C8H14O/c1-6-3-8(5-9)4-7(6)2/h5-8H,3-4H2,1-2H3. The topological polar surface area (TPSA) is 17.1 Å². The molecule has 0 radical (unpaired) electrons. The van der Waals surface area contributed by atoms with Gasteiger partial charge in [-0.1, -0.05) is 13.8 Å². The van der Waals surface area contributed by atoms with Crippen LogP contribution in [0.25, 0.3) is 0 Å². The molecule has 2 atom stereocenters. The third-order valence-electron chi connectivity index (χ3n) is 2.51. The van der Waals surface area contributed by atoms with E-state index in [1.54, 1.807) is 0 Å². The van der Waals surface area contributed by atoms with Crippen LogP contribution in [0.1, 0.15) is 26.7 Å². The highest BCUT2D eigenvalue weighted by atomic mass is 16.1. The molecule has 0 aliphatic heterocycles. The second kappa shape index (κ2) is 2.51. The Bertz CT molecular complexity index is 99.1. The second-order valence-corrected chi connectivity index (χ2v) is 3.32. The number of hydrogen-bond acceptors (Lipinski definition) is 1. The van der Waals surface area contributed by atoms with E-state index in [2.05, 4.69) is 13.8 Å². The summed E-state index contributed by atoms with van der Waals surface area (Å²) in [7, 11) is 0. The quantitative estimate of drug-likeness (QED) is 0.490. The van der Waals surface area contributed by atoms with Crippen molar-refractivity contribution in [2.24, 2.45) is 17.8 Å². The van der Waals surface area contributed by atoms with Gasteiger partial charge in [0.1, 0.15) is 6.29 Å². The van der Waals surface area contributed by atoms with Crippen LogP contribution in [0.4, 0.5) is 0 Å². The molecule has 0 aromatic carbocycles. The van der Waals surface area contributed by atoms with Crippen molar-refractivity contribution in [3.8, 4) is 0 Å². The van der Waals surface area contributed by atoms with E-state index in [0.717, 1.165) is 31.0 Å². The number of rotatable bonds is 1. The largest absolute Gasteiger partial charge is 0.303 e. The van der Waals surface area contributed by atoms with Gasteiger partial charge in [0.05, 0.1) is 0 Å². The maximum absolute atomic E-state index is 10.3. The molecular weight excluding hydrogens is 112 g/mol. The van der Waals surface area contributed by atoms with Gasteiger partial charge < -0.3 is 4.79 Å². The first kappa shape index (κ1) is 6.79. The van der Waals surface area contributed by atoms with Gasteiger partial charge in [-0.05, 0) is 24.7 Å². The zero-order chi connectivity index (χ0) is 6.85. The van der Waals surface area contributed by atoms with Gasteiger partial charge >= 0.3 is 0 Å². The van der Waals surface area contributed by atoms with E-state index in [1.807, 2.05) is 0 Å². The molecule has 0 spiro atoms. The van der Waals surface area contributed by atoms with Crippen molar-refractivity contribution in [3.05, 3.63) is 0 Å². The van der Waals surface area contributed by atoms with E-state index in [1.165, 1.54) is 0 Å². The van der Waals surface area contributed by atoms with Crippen molar-refractivity contribution in [2.45, 2.75) is 26.7 Å². The highest BCUT2D eigenvalue weighted by molar-refractivity contribution is 5.54. The van der Waals surface area contributed by atoms with Crippen LogP contribution in [0.3, 0.4) is 0 Å². The van der Waals surface area contributed by atoms with Gasteiger partial charge in [0.15, 0.2) is 0 Å². The van der Waals surface area contributed by atoms with Crippen molar-refractivity contribution in [1.29, 1.82) is 0 Å². The van der Waals surface area contributed by atoms with Gasteiger partial charge in [-0.2, -0.15) is 0 Å². The van der Waals surface area contributed by atoms with Crippen molar-refractivity contribution in [1.82, 2.24) is 0 Å². The Hall–Kier alpha value is -0.330. The Labute approximate surface area is 56.4 Å². The van der Waals surface area contributed by atoms with E-state index in [9.17, 15) is 4.79 Å². The van der Waals surface area contributed by atoms with Crippen LogP contribution in [-0.2, 0) is 4.79 Å². The number of aldehydes is 1. The summed E-state index contributed by atoms with van der Waals surface area (Å²) in [6, 6.07) is 0. The predicted octanol–water partition coefficient (Wildman–Crippen LogP) is 1.87. The molecule has 52 valence electrons. The van der Waals surface area contributed by atoms with Crippen LogP contribution >= 0.6 is 0 Å². The molecule has 1 aliphatic rings. The lowest BCUT2D eigenvalue weighted by Gasteiger charge is -2.04. The Balaban J connectivity index is 2.43. The molecule has 0 aromatic heterocycles. The lowest BCUT2D eigenvalue weighted by atomic mass is 10.0. The van der Waals surface area contributed by atoms with Crippen molar-refractivity contribution < 1.29 is 4.79 Å². The first-order chi connectivity index (χ1) is 4.24. The summed E-state index contributed by atoms with van der Waals surface area (Å²) >= 11 is 0. The SMILES string of the molecule is CC1CC(C=O)CC1C. The predicted molar refractivity (Wildman–Crippen MR) is 37.1 cm³/mol. The molecule has 1 rings (SSSR count). The van der Waals surface area contributed by atoms with Gasteiger partial charge in [0.25, 0.3) is 0 Å². The van der Waals surface area contributed by atoms with E-state index in [0.29, 0.717) is 5.92 Å². The molecule has 0 aromatic rings. The average molecular weight is 126 g/mol. The zero-order valence-electron chi connectivity index (χ0n) is 6.13. The van der Waals surface area contributed by atoms with Gasteiger partial charge in [-0.15, -0.1) is 0 Å².